The summed E-state index contributed by atoms with van der Waals surface area (Å²) in [6.07, 6.45) is 1.26. The first-order chi connectivity index (χ1) is 9.87. The van der Waals surface area contributed by atoms with Gasteiger partial charge in [-0.1, -0.05) is 35.3 Å². The lowest BCUT2D eigenvalue weighted by Gasteiger charge is -2.38. The molecule has 0 atom stereocenters. The molecule has 0 bridgehead atoms. The zero-order chi connectivity index (χ0) is 15.6. The number of hydrogen-bond donors (Lipinski definition) is 2. The van der Waals surface area contributed by atoms with Crippen LogP contribution in [0.4, 0.5) is 0 Å². The molecule has 1 saturated heterocycles. The van der Waals surface area contributed by atoms with E-state index in [0.29, 0.717) is 41.5 Å². The summed E-state index contributed by atoms with van der Waals surface area (Å²) < 4.78 is 0. The van der Waals surface area contributed by atoms with Crippen LogP contribution >= 0.6 is 23.2 Å². The third-order valence-electron chi connectivity index (χ3n) is 4.04. The van der Waals surface area contributed by atoms with Crippen LogP contribution in [0.15, 0.2) is 23.4 Å². The lowest BCUT2D eigenvalue weighted by atomic mass is 9.79. The summed E-state index contributed by atoms with van der Waals surface area (Å²) in [6.45, 7) is 2.97. The number of likely N-dealkylation sites (tertiary alicyclic amines) is 1. The van der Waals surface area contributed by atoms with Crippen LogP contribution in [0.2, 0.25) is 10.0 Å². The van der Waals surface area contributed by atoms with Gasteiger partial charge in [0, 0.05) is 23.5 Å². The van der Waals surface area contributed by atoms with E-state index < -0.39 is 0 Å². The lowest BCUT2D eigenvalue weighted by Crippen LogP contribution is -2.47. The van der Waals surface area contributed by atoms with Crippen LogP contribution < -0.4 is 5.73 Å². The Balaban J connectivity index is 2.12. The van der Waals surface area contributed by atoms with Gasteiger partial charge in [0.25, 0.3) is 5.91 Å². The largest absolute Gasteiger partial charge is 0.409 e. The maximum atomic E-state index is 12.5. The molecule has 0 saturated carbocycles. The summed E-state index contributed by atoms with van der Waals surface area (Å²) >= 11 is 12.0. The molecule has 114 valence electrons. The molecular weight excluding hydrogens is 313 g/mol. The van der Waals surface area contributed by atoms with Crippen molar-refractivity contribution in [2.75, 3.05) is 13.1 Å². The number of carbonyl (C=O) groups excluding carboxylic acids is 1. The molecule has 5 nitrogen and oxygen atoms in total. The highest BCUT2D eigenvalue weighted by Crippen LogP contribution is 2.32. The fourth-order valence-electron chi connectivity index (χ4n) is 2.41. The number of nitrogens with zero attached hydrogens (tertiary/aromatic N) is 2. The van der Waals surface area contributed by atoms with Gasteiger partial charge in [-0.2, -0.15) is 0 Å². The highest BCUT2D eigenvalue weighted by atomic mass is 35.5. The number of hydrogen-bond acceptors (Lipinski definition) is 3. The molecule has 21 heavy (non-hydrogen) atoms. The zero-order valence-corrected chi connectivity index (χ0v) is 13.2. The summed E-state index contributed by atoms with van der Waals surface area (Å²) in [4.78, 5) is 14.2. The van der Waals surface area contributed by atoms with Gasteiger partial charge in [-0.3, -0.25) is 4.79 Å². The predicted octanol–water partition coefficient (Wildman–Crippen LogP) is 2.98. The Morgan fingerprint density at radius 1 is 1.38 bits per heavy atom. The standard InChI is InChI=1S/C14H17Cl2N3O2/c1-14(13(17)18-21)4-6-19(7-5-14)12(20)10-8-9(15)2-3-11(10)16/h2-3,8,21H,4-7H2,1H3,(H2,17,18). The summed E-state index contributed by atoms with van der Waals surface area (Å²) in [7, 11) is 0. The summed E-state index contributed by atoms with van der Waals surface area (Å²) in [5.74, 6) is 0.0550. The SMILES string of the molecule is CC1(/C(N)=N/O)CCN(C(=O)c2cc(Cl)ccc2Cl)CC1. The van der Waals surface area contributed by atoms with Crippen LogP contribution in [0.1, 0.15) is 30.1 Å². The van der Waals surface area contributed by atoms with Gasteiger partial charge in [0.1, 0.15) is 5.84 Å². The van der Waals surface area contributed by atoms with Crippen molar-refractivity contribution < 1.29 is 10.0 Å². The number of oxime groups is 1. The first-order valence-electron chi connectivity index (χ1n) is 6.60. The molecule has 2 rings (SSSR count). The second kappa shape index (κ2) is 6.12. The fraction of sp³-hybridized carbons (Fsp3) is 0.429. The maximum absolute atomic E-state index is 12.5. The van der Waals surface area contributed by atoms with Crippen molar-refractivity contribution in [3.05, 3.63) is 33.8 Å². The maximum Gasteiger partial charge on any atom is 0.255 e. The summed E-state index contributed by atoms with van der Waals surface area (Å²) in [5, 5.41) is 12.8. The van der Waals surface area contributed by atoms with Crippen molar-refractivity contribution in [3.8, 4) is 0 Å². The smallest absolute Gasteiger partial charge is 0.255 e. The second-order valence-corrected chi connectivity index (χ2v) is 6.31. The molecular formula is C14H17Cl2N3O2. The van der Waals surface area contributed by atoms with Gasteiger partial charge in [0.2, 0.25) is 0 Å². The first-order valence-corrected chi connectivity index (χ1v) is 7.35. The third kappa shape index (κ3) is 3.24. The molecule has 1 aromatic rings. The number of benzene rings is 1. The van der Waals surface area contributed by atoms with Crippen molar-refractivity contribution >= 4 is 34.9 Å². The highest BCUT2D eigenvalue weighted by Gasteiger charge is 2.36. The Kier molecular flexibility index (Phi) is 4.64. The van der Waals surface area contributed by atoms with Crippen LogP contribution in [-0.4, -0.2) is 34.9 Å². The number of amidine groups is 1. The topological polar surface area (TPSA) is 78.9 Å². The summed E-state index contributed by atoms with van der Waals surface area (Å²) in [5.41, 5.74) is 5.73. The molecule has 1 aromatic carbocycles. The molecule has 1 heterocycles. The highest BCUT2D eigenvalue weighted by molar-refractivity contribution is 6.35. The number of amides is 1. The first kappa shape index (κ1) is 15.9. The quantitative estimate of drug-likeness (QED) is 0.379. The monoisotopic (exact) mass is 329 g/mol. The van der Waals surface area contributed by atoms with E-state index in [1.807, 2.05) is 6.92 Å². The van der Waals surface area contributed by atoms with Gasteiger partial charge < -0.3 is 15.8 Å². The molecule has 1 fully saturated rings. The van der Waals surface area contributed by atoms with Crippen LogP contribution in [-0.2, 0) is 0 Å². The van der Waals surface area contributed by atoms with E-state index in [9.17, 15) is 4.79 Å². The van der Waals surface area contributed by atoms with Gasteiger partial charge in [-0.25, -0.2) is 0 Å². The molecule has 0 aromatic heterocycles. The number of nitrogens with two attached hydrogens (primary N) is 1. The molecule has 0 spiro atoms. The molecule has 3 N–H and O–H groups in total. The zero-order valence-electron chi connectivity index (χ0n) is 11.6. The van der Waals surface area contributed by atoms with Gasteiger partial charge >= 0.3 is 0 Å². The normalized spacial score (nSPS) is 18.6. The van der Waals surface area contributed by atoms with Gasteiger partial charge in [0.15, 0.2) is 0 Å². The molecule has 1 amide bonds. The minimum Gasteiger partial charge on any atom is -0.409 e. The Bertz CT molecular complexity index is 582. The van der Waals surface area contributed by atoms with Crippen molar-refractivity contribution in [1.29, 1.82) is 0 Å². The molecule has 0 aliphatic carbocycles. The number of halogens is 2. The fourth-order valence-corrected chi connectivity index (χ4v) is 2.78. The Hall–Kier alpha value is -1.46. The average Bonchev–Trinajstić information content (AvgIpc) is 2.49. The molecule has 1 aliphatic heterocycles. The third-order valence-corrected chi connectivity index (χ3v) is 4.60. The van der Waals surface area contributed by atoms with E-state index in [-0.39, 0.29) is 17.2 Å². The van der Waals surface area contributed by atoms with E-state index in [1.165, 1.54) is 0 Å². The van der Waals surface area contributed by atoms with Crippen LogP contribution in [0.3, 0.4) is 0 Å². The minimum absolute atomic E-state index is 0.149. The van der Waals surface area contributed by atoms with E-state index in [4.69, 9.17) is 34.1 Å². The van der Waals surface area contributed by atoms with E-state index >= 15 is 0 Å². The van der Waals surface area contributed by atoms with E-state index in [1.54, 1.807) is 23.1 Å². The number of rotatable bonds is 2. The molecule has 0 unspecified atom stereocenters. The predicted molar refractivity (Wildman–Crippen MR) is 83.1 cm³/mol. The van der Waals surface area contributed by atoms with E-state index in [0.717, 1.165) is 0 Å². The Morgan fingerprint density at radius 2 is 2.00 bits per heavy atom. The van der Waals surface area contributed by atoms with Crippen molar-refractivity contribution in [3.63, 3.8) is 0 Å². The molecule has 7 heteroatoms. The molecule has 1 aliphatic rings. The van der Waals surface area contributed by atoms with Crippen molar-refractivity contribution in [2.45, 2.75) is 19.8 Å². The van der Waals surface area contributed by atoms with Crippen LogP contribution in [0.5, 0.6) is 0 Å². The second-order valence-electron chi connectivity index (χ2n) is 5.46. The van der Waals surface area contributed by atoms with Crippen LogP contribution in [0, 0.1) is 5.41 Å². The number of carbonyl (C=O) groups is 1. The average molecular weight is 330 g/mol. The Morgan fingerprint density at radius 3 is 2.57 bits per heavy atom. The van der Waals surface area contributed by atoms with Gasteiger partial charge in [-0.05, 0) is 31.0 Å². The Labute approximate surface area is 133 Å². The van der Waals surface area contributed by atoms with Gasteiger partial charge in [0.05, 0.1) is 10.6 Å². The number of piperidine rings is 1. The van der Waals surface area contributed by atoms with Crippen molar-refractivity contribution in [2.24, 2.45) is 16.3 Å². The van der Waals surface area contributed by atoms with Crippen molar-refractivity contribution in [1.82, 2.24) is 4.90 Å². The summed E-state index contributed by atoms with van der Waals surface area (Å²) in [6, 6.07) is 4.83. The van der Waals surface area contributed by atoms with Crippen LogP contribution in [0.25, 0.3) is 0 Å². The minimum atomic E-state index is -0.385. The molecule has 0 radical (unpaired) electrons. The lowest BCUT2D eigenvalue weighted by molar-refractivity contribution is 0.0666. The van der Waals surface area contributed by atoms with E-state index in [2.05, 4.69) is 5.16 Å². The van der Waals surface area contributed by atoms with Gasteiger partial charge in [-0.15, -0.1) is 0 Å².